The molecule has 1 aromatic heterocycles. The maximum absolute atomic E-state index is 10.9. The molecule has 2 aromatic rings. The molecule has 0 fully saturated rings. The maximum Gasteiger partial charge on any atom is 0.276 e. The van der Waals surface area contributed by atoms with Gasteiger partial charge in [0.2, 0.25) is 0 Å². The van der Waals surface area contributed by atoms with Gasteiger partial charge in [-0.15, -0.1) is 0 Å². The van der Waals surface area contributed by atoms with Crippen LogP contribution in [-0.2, 0) is 6.54 Å². The Morgan fingerprint density at radius 2 is 2.06 bits per heavy atom. The fourth-order valence-corrected chi connectivity index (χ4v) is 1.71. The van der Waals surface area contributed by atoms with Crippen molar-refractivity contribution in [3.05, 3.63) is 50.5 Å². The van der Waals surface area contributed by atoms with Crippen LogP contribution in [0, 0.1) is 10.1 Å². The highest BCUT2D eigenvalue weighted by Crippen LogP contribution is 2.30. The van der Waals surface area contributed by atoms with Gasteiger partial charge in [0.15, 0.2) is 0 Å². The van der Waals surface area contributed by atoms with Crippen molar-refractivity contribution in [2.75, 3.05) is 0 Å². The predicted octanol–water partition coefficient (Wildman–Crippen LogP) is 2.54. The minimum absolute atomic E-state index is 0.0881. The summed E-state index contributed by atoms with van der Waals surface area (Å²) < 4.78 is 1.46. The molecule has 0 saturated heterocycles. The summed E-state index contributed by atoms with van der Waals surface area (Å²) in [5.41, 5.74) is 0.338. The SMILES string of the molecule is O=[N+]([O-])c1cc(Cl)c(Cl)cc1Cn1cncn1. The third kappa shape index (κ3) is 2.54. The van der Waals surface area contributed by atoms with Gasteiger partial charge in [-0.25, -0.2) is 9.67 Å². The Morgan fingerprint density at radius 1 is 1.35 bits per heavy atom. The van der Waals surface area contributed by atoms with Crippen LogP contribution in [0.3, 0.4) is 0 Å². The summed E-state index contributed by atoms with van der Waals surface area (Å²) in [7, 11) is 0. The lowest BCUT2D eigenvalue weighted by atomic mass is 10.2. The zero-order valence-electron chi connectivity index (χ0n) is 8.38. The largest absolute Gasteiger partial charge is 0.276 e. The normalized spacial score (nSPS) is 10.5. The molecule has 2 rings (SSSR count). The molecule has 0 atom stereocenters. The Balaban J connectivity index is 2.44. The summed E-state index contributed by atoms with van der Waals surface area (Å²) in [5, 5.41) is 15.2. The summed E-state index contributed by atoms with van der Waals surface area (Å²) in [6.07, 6.45) is 2.82. The number of hydrogen-bond donors (Lipinski definition) is 0. The van der Waals surface area contributed by atoms with E-state index in [-0.39, 0.29) is 22.3 Å². The predicted molar refractivity (Wildman–Crippen MR) is 62.2 cm³/mol. The molecule has 6 nitrogen and oxygen atoms in total. The van der Waals surface area contributed by atoms with Gasteiger partial charge in [-0.05, 0) is 6.07 Å². The molecule has 8 heteroatoms. The van der Waals surface area contributed by atoms with Crippen LogP contribution in [0.25, 0.3) is 0 Å². The fourth-order valence-electron chi connectivity index (χ4n) is 1.36. The summed E-state index contributed by atoms with van der Waals surface area (Å²) in [5.74, 6) is 0. The third-order valence-electron chi connectivity index (χ3n) is 2.12. The van der Waals surface area contributed by atoms with E-state index < -0.39 is 4.92 Å². The van der Waals surface area contributed by atoms with Gasteiger partial charge in [0.1, 0.15) is 12.7 Å². The second-order valence-corrected chi connectivity index (χ2v) is 4.06. The number of nitro groups is 1. The molecule has 1 aromatic carbocycles. The van der Waals surface area contributed by atoms with E-state index in [0.29, 0.717) is 5.56 Å². The van der Waals surface area contributed by atoms with Gasteiger partial charge in [-0.3, -0.25) is 10.1 Å². The lowest BCUT2D eigenvalue weighted by Crippen LogP contribution is -2.03. The summed E-state index contributed by atoms with van der Waals surface area (Å²) >= 11 is 11.6. The van der Waals surface area contributed by atoms with E-state index in [9.17, 15) is 10.1 Å². The van der Waals surface area contributed by atoms with Crippen LogP contribution in [0.5, 0.6) is 0 Å². The zero-order valence-corrected chi connectivity index (χ0v) is 9.89. The first-order chi connectivity index (χ1) is 8.08. The van der Waals surface area contributed by atoms with E-state index in [1.54, 1.807) is 0 Å². The molecule has 88 valence electrons. The van der Waals surface area contributed by atoms with Crippen molar-refractivity contribution in [1.29, 1.82) is 0 Å². The zero-order chi connectivity index (χ0) is 12.4. The summed E-state index contributed by atoms with van der Waals surface area (Å²) in [6, 6.07) is 2.69. The van der Waals surface area contributed by atoms with Gasteiger partial charge in [-0.1, -0.05) is 23.2 Å². The first-order valence-corrected chi connectivity index (χ1v) is 5.28. The molecule has 0 spiro atoms. The van der Waals surface area contributed by atoms with E-state index in [2.05, 4.69) is 10.1 Å². The van der Waals surface area contributed by atoms with Crippen LogP contribution in [0.2, 0.25) is 10.0 Å². The van der Waals surface area contributed by atoms with Crippen molar-refractivity contribution in [1.82, 2.24) is 14.8 Å². The van der Waals surface area contributed by atoms with Gasteiger partial charge >= 0.3 is 0 Å². The Hall–Kier alpha value is -1.66. The molecular weight excluding hydrogens is 267 g/mol. The molecule has 17 heavy (non-hydrogen) atoms. The fraction of sp³-hybridized carbons (Fsp3) is 0.111. The Morgan fingerprint density at radius 3 is 2.65 bits per heavy atom. The molecule has 0 N–H and O–H groups in total. The molecule has 0 amide bonds. The standard InChI is InChI=1S/C9H6Cl2N4O2/c10-7-1-6(3-14-5-12-4-13-14)9(15(16)17)2-8(7)11/h1-2,4-5H,3H2. The summed E-state index contributed by atoms with van der Waals surface area (Å²) in [6.45, 7) is 0.215. The topological polar surface area (TPSA) is 73.8 Å². The van der Waals surface area contributed by atoms with E-state index >= 15 is 0 Å². The second kappa shape index (κ2) is 4.68. The summed E-state index contributed by atoms with van der Waals surface area (Å²) in [4.78, 5) is 14.1. The number of aromatic nitrogens is 3. The Labute approximate surface area is 106 Å². The van der Waals surface area contributed by atoms with E-state index in [4.69, 9.17) is 23.2 Å². The third-order valence-corrected chi connectivity index (χ3v) is 2.84. The second-order valence-electron chi connectivity index (χ2n) is 3.25. The molecule has 0 saturated carbocycles. The van der Waals surface area contributed by atoms with Crippen LogP contribution < -0.4 is 0 Å². The molecule has 1 heterocycles. The van der Waals surface area contributed by atoms with Gasteiger partial charge in [0.25, 0.3) is 5.69 Å². The van der Waals surface area contributed by atoms with Crippen LogP contribution in [0.15, 0.2) is 24.8 Å². The van der Waals surface area contributed by atoms with Crippen LogP contribution in [-0.4, -0.2) is 19.7 Å². The van der Waals surface area contributed by atoms with E-state index in [0.717, 1.165) is 0 Å². The monoisotopic (exact) mass is 272 g/mol. The van der Waals surface area contributed by atoms with Gasteiger partial charge in [-0.2, -0.15) is 5.10 Å². The van der Waals surface area contributed by atoms with Crippen LogP contribution in [0.4, 0.5) is 5.69 Å². The lowest BCUT2D eigenvalue weighted by molar-refractivity contribution is -0.385. The molecular formula is C9H6Cl2N4O2. The van der Waals surface area contributed by atoms with Crippen molar-refractivity contribution in [2.45, 2.75) is 6.54 Å². The van der Waals surface area contributed by atoms with E-state index in [1.165, 1.54) is 29.5 Å². The van der Waals surface area contributed by atoms with Gasteiger partial charge in [0, 0.05) is 6.07 Å². The van der Waals surface area contributed by atoms with Gasteiger partial charge in [0.05, 0.1) is 27.1 Å². The maximum atomic E-state index is 10.9. The number of nitro benzene ring substituents is 1. The van der Waals surface area contributed by atoms with Crippen molar-refractivity contribution >= 4 is 28.9 Å². The molecule has 0 bridgehead atoms. The quantitative estimate of drug-likeness (QED) is 0.636. The first kappa shape index (κ1) is 11.8. The highest BCUT2D eigenvalue weighted by molar-refractivity contribution is 6.42. The number of hydrogen-bond acceptors (Lipinski definition) is 4. The van der Waals surface area contributed by atoms with Crippen molar-refractivity contribution in [3.63, 3.8) is 0 Å². The average molecular weight is 273 g/mol. The lowest BCUT2D eigenvalue weighted by Gasteiger charge is -2.04. The minimum Gasteiger partial charge on any atom is -0.258 e. The minimum atomic E-state index is -0.505. The van der Waals surface area contributed by atoms with Gasteiger partial charge < -0.3 is 0 Å². The van der Waals surface area contributed by atoms with Crippen LogP contribution >= 0.6 is 23.2 Å². The number of halogens is 2. The molecule has 0 aliphatic carbocycles. The Bertz CT molecular complexity index is 556. The Kier molecular flexibility index (Phi) is 3.26. The number of benzene rings is 1. The molecule has 0 aliphatic heterocycles. The van der Waals surface area contributed by atoms with Crippen molar-refractivity contribution in [3.8, 4) is 0 Å². The molecule has 0 radical (unpaired) electrons. The average Bonchev–Trinajstić information content (AvgIpc) is 2.75. The molecule has 0 unspecified atom stereocenters. The van der Waals surface area contributed by atoms with Crippen molar-refractivity contribution in [2.24, 2.45) is 0 Å². The van der Waals surface area contributed by atoms with Crippen molar-refractivity contribution < 1.29 is 4.92 Å². The first-order valence-electron chi connectivity index (χ1n) is 4.52. The number of rotatable bonds is 3. The van der Waals surface area contributed by atoms with Crippen LogP contribution in [0.1, 0.15) is 5.56 Å². The highest BCUT2D eigenvalue weighted by Gasteiger charge is 2.17. The highest BCUT2D eigenvalue weighted by atomic mass is 35.5. The number of nitrogens with zero attached hydrogens (tertiary/aromatic N) is 4. The molecule has 0 aliphatic rings. The van der Waals surface area contributed by atoms with E-state index in [1.807, 2.05) is 0 Å². The smallest absolute Gasteiger partial charge is 0.258 e.